The minimum Gasteiger partial charge on any atom is -0.491 e. The lowest BCUT2D eigenvalue weighted by Crippen LogP contribution is -2.65. The smallest absolute Gasteiger partial charge is 0.325 e. The average molecular weight is 465 g/mol. The van der Waals surface area contributed by atoms with Gasteiger partial charge >= 0.3 is 6.03 Å². The summed E-state index contributed by atoms with van der Waals surface area (Å²) >= 11 is 5.90. The van der Waals surface area contributed by atoms with Crippen LogP contribution in [0.25, 0.3) is 0 Å². The summed E-state index contributed by atoms with van der Waals surface area (Å²) in [5, 5.41) is 13.7. The number of hydrogen-bond donors (Lipinski definition) is 2. The summed E-state index contributed by atoms with van der Waals surface area (Å²) in [6.45, 7) is 6.61. The second-order valence-corrected chi connectivity index (χ2v) is 8.62. The second kappa shape index (κ2) is 9.51. The summed E-state index contributed by atoms with van der Waals surface area (Å²) in [4.78, 5) is 37.3. The Morgan fingerprint density at radius 2 is 1.91 bits per heavy atom. The SMILES string of the molecule is CCN1CCN(C2=NC3C(C(=O)NC(=O)N3C)N2CC(O)COc2ccc(Cl)cc2)CC1. The number of guanidine groups is 1. The standard InChI is InChI=1S/C21H29ClN6O4/c1-3-26-8-10-27(11-9-26)20-23-18-17(19(30)24-21(31)25(18)2)28(20)12-15(29)13-32-16-6-4-14(22)5-7-16/h4-7,15,17-18,29H,3,8-13H2,1-2H3,(H,24,30,31). The zero-order valence-electron chi connectivity index (χ0n) is 18.3. The van der Waals surface area contributed by atoms with Gasteiger partial charge in [-0.15, -0.1) is 0 Å². The van der Waals surface area contributed by atoms with E-state index >= 15 is 0 Å². The van der Waals surface area contributed by atoms with Crippen LogP contribution < -0.4 is 10.1 Å². The molecule has 1 aromatic rings. The van der Waals surface area contributed by atoms with Gasteiger partial charge in [0.15, 0.2) is 18.2 Å². The van der Waals surface area contributed by atoms with Crippen LogP contribution in [-0.4, -0.2) is 114 Å². The molecule has 2 fully saturated rings. The van der Waals surface area contributed by atoms with Crippen molar-refractivity contribution in [3.05, 3.63) is 29.3 Å². The van der Waals surface area contributed by atoms with E-state index in [2.05, 4.69) is 22.0 Å². The average Bonchev–Trinajstić information content (AvgIpc) is 3.17. The van der Waals surface area contributed by atoms with Gasteiger partial charge in [0.05, 0.1) is 6.54 Å². The zero-order chi connectivity index (χ0) is 22.8. The van der Waals surface area contributed by atoms with Crippen molar-refractivity contribution in [2.24, 2.45) is 4.99 Å². The maximum atomic E-state index is 12.7. The normalized spacial score (nSPS) is 24.9. The van der Waals surface area contributed by atoms with E-state index in [1.165, 1.54) is 4.90 Å². The summed E-state index contributed by atoms with van der Waals surface area (Å²) in [7, 11) is 1.62. The van der Waals surface area contributed by atoms with E-state index in [-0.39, 0.29) is 13.2 Å². The van der Waals surface area contributed by atoms with Crippen LogP contribution in [0.5, 0.6) is 5.75 Å². The number of rotatable bonds is 6. The van der Waals surface area contributed by atoms with Crippen molar-refractivity contribution in [1.82, 2.24) is 24.9 Å². The number of likely N-dealkylation sites (N-methyl/N-ethyl adjacent to an activating group) is 2. The molecule has 0 bridgehead atoms. The predicted octanol–water partition coefficient (Wildman–Crippen LogP) is 0.265. The van der Waals surface area contributed by atoms with E-state index in [1.807, 2.05) is 0 Å². The molecule has 3 unspecified atom stereocenters. The fourth-order valence-electron chi connectivity index (χ4n) is 4.24. The molecule has 174 valence electrons. The molecule has 32 heavy (non-hydrogen) atoms. The number of aliphatic hydroxyl groups excluding tert-OH is 1. The third kappa shape index (κ3) is 4.62. The molecule has 3 atom stereocenters. The number of nitrogens with zero attached hydrogens (tertiary/aromatic N) is 5. The Morgan fingerprint density at radius 1 is 1.22 bits per heavy atom. The number of aliphatic hydroxyl groups is 1. The first-order valence-corrected chi connectivity index (χ1v) is 11.2. The number of β-amino-alcohol motifs (C(OH)–C–C–N with tert-alkyl or cyclic N) is 1. The molecule has 1 aromatic carbocycles. The lowest BCUT2D eigenvalue weighted by atomic mass is 10.1. The highest BCUT2D eigenvalue weighted by molar-refractivity contribution is 6.30. The fourth-order valence-corrected chi connectivity index (χ4v) is 4.36. The van der Waals surface area contributed by atoms with Crippen LogP contribution in [0.4, 0.5) is 4.79 Å². The first-order valence-electron chi connectivity index (χ1n) is 10.8. The van der Waals surface area contributed by atoms with Crippen LogP contribution in [0.15, 0.2) is 29.3 Å². The number of imide groups is 1. The summed E-state index contributed by atoms with van der Waals surface area (Å²) in [6.07, 6.45) is -1.50. The minimum atomic E-state index is -0.873. The molecule has 3 aliphatic heterocycles. The maximum Gasteiger partial charge on any atom is 0.325 e. The number of nitrogens with one attached hydrogen (secondary N) is 1. The number of fused-ring (bicyclic) bond motifs is 1. The summed E-state index contributed by atoms with van der Waals surface area (Å²) in [5.41, 5.74) is 0. The minimum absolute atomic E-state index is 0.0444. The second-order valence-electron chi connectivity index (χ2n) is 8.19. The molecule has 0 saturated carbocycles. The number of ether oxygens (including phenoxy) is 1. The van der Waals surface area contributed by atoms with E-state index in [4.69, 9.17) is 21.3 Å². The number of aliphatic imine (C=N–C) groups is 1. The number of carbonyl (C=O) groups excluding carboxylic acids is 2. The molecule has 10 nitrogen and oxygen atoms in total. The van der Waals surface area contributed by atoms with Gasteiger partial charge in [0.1, 0.15) is 18.5 Å². The Morgan fingerprint density at radius 3 is 2.56 bits per heavy atom. The number of piperazine rings is 1. The third-order valence-corrected chi connectivity index (χ3v) is 6.36. The molecule has 11 heteroatoms. The Balaban J connectivity index is 1.48. The van der Waals surface area contributed by atoms with Gasteiger partial charge in [-0.1, -0.05) is 18.5 Å². The lowest BCUT2D eigenvalue weighted by molar-refractivity contribution is -0.127. The number of hydrogen-bond acceptors (Lipinski definition) is 8. The largest absolute Gasteiger partial charge is 0.491 e. The number of halogens is 1. The number of benzene rings is 1. The highest BCUT2D eigenvalue weighted by atomic mass is 35.5. The van der Waals surface area contributed by atoms with Gasteiger partial charge in [0.25, 0.3) is 5.91 Å². The molecule has 0 aromatic heterocycles. The van der Waals surface area contributed by atoms with Gasteiger partial charge < -0.3 is 29.4 Å². The van der Waals surface area contributed by atoms with Crippen molar-refractivity contribution in [3.8, 4) is 5.75 Å². The molecule has 2 N–H and O–H groups in total. The van der Waals surface area contributed by atoms with Gasteiger partial charge in [-0.05, 0) is 30.8 Å². The maximum absolute atomic E-state index is 12.7. The van der Waals surface area contributed by atoms with E-state index in [9.17, 15) is 14.7 Å². The van der Waals surface area contributed by atoms with Gasteiger partial charge in [-0.2, -0.15) is 0 Å². The molecule has 0 spiro atoms. The van der Waals surface area contributed by atoms with Gasteiger partial charge in [0, 0.05) is 38.2 Å². The molecule has 3 aliphatic rings. The van der Waals surface area contributed by atoms with Crippen molar-refractivity contribution in [3.63, 3.8) is 0 Å². The van der Waals surface area contributed by atoms with Gasteiger partial charge in [-0.3, -0.25) is 10.1 Å². The number of urea groups is 1. The molecule has 3 amide bonds. The van der Waals surface area contributed by atoms with Crippen molar-refractivity contribution in [1.29, 1.82) is 0 Å². The molecule has 0 aliphatic carbocycles. The Labute approximate surface area is 192 Å². The highest BCUT2D eigenvalue weighted by Crippen LogP contribution is 2.26. The topological polar surface area (TPSA) is 101 Å². The Kier molecular flexibility index (Phi) is 6.73. The van der Waals surface area contributed by atoms with Crippen LogP contribution in [0.3, 0.4) is 0 Å². The first-order chi connectivity index (χ1) is 15.4. The molecular formula is C21H29ClN6O4. The van der Waals surface area contributed by atoms with Crippen molar-refractivity contribution in [2.75, 3.05) is 52.9 Å². The van der Waals surface area contributed by atoms with Crippen LogP contribution >= 0.6 is 11.6 Å². The van der Waals surface area contributed by atoms with E-state index < -0.39 is 30.2 Å². The van der Waals surface area contributed by atoms with Crippen LogP contribution in [0.1, 0.15) is 6.92 Å². The van der Waals surface area contributed by atoms with Gasteiger partial charge in [0.2, 0.25) is 0 Å². The number of carbonyl (C=O) groups is 2. The molecule has 3 heterocycles. The molecular weight excluding hydrogens is 436 g/mol. The Hall–Kier alpha value is -2.56. The van der Waals surface area contributed by atoms with Crippen molar-refractivity contribution < 1.29 is 19.4 Å². The highest BCUT2D eigenvalue weighted by Gasteiger charge is 2.50. The summed E-state index contributed by atoms with van der Waals surface area (Å²) in [5.74, 6) is 0.825. The number of amides is 3. The van der Waals surface area contributed by atoms with E-state index in [0.29, 0.717) is 16.7 Å². The third-order valence-electron chi connectivity index (χ3n) is 6.10. The fraction of sp³-hybridized carbons (Fsp3) is 0.571. The first kappa shape index (κ1) is 22.6. The van der Waals surface area contributed by atoms with Gasteiger partial charge in [-0.25, -0.2) is 9.79 Å². The molecule has 2 saturated heterocycles. The van der Waals surface area contributed by atoms with Crippen LogP contribution in [0, 0.1) is 0 Å². The molecule has 4 rings (SSSR count). The summed E-state index contributed by atoms with van der Waals surface area (Å²) < 4.78 is 5.68. The van der Waals surface area contributed by atoms with Crippen LogP contribution in [-0.2, 0) is 4.79 Å². The van der Waals surface area contributed by atoms with E-state index in [0.717, 1.165) is 32.7 Å². The van der Waals surface area contributed by atoms with Crippen molar-refractivity contribution >= 4 is 29.5 Å². The monoisotopic (exact) mass is 464 g/mol. The quantitative estimate of drug-likeness (QED) is 0.623. The molecule has 0 radical (unpaired) electrons. The van der Waals surface area contributed by atoms with E-state index in [1.54, 1.807) is 36.2 Å². The van der Waals surface area contributed by atoms with Crippen LogP contribution in [0.2, 0.25) is 5.02 Å². The Bertz CT molecular complexity index is 874. The lowest BCUT2D eigenvalue weighted by Gasteiger charge is -2.40. The summed E-state index contributed by atoms with van der Waals surface area (Å²) in [6, 6.07) is 5.74. The predicted molar refractivity (Wildman–Crippen MR) is 120 cm³/mol. The zero-order valence-corrected chi connectivity index (χ0v) is 19.0. The van der Waals surface area contributed by atoms with Crippen molar-refractivity contribution in [2.45, 2.75) is 25.2 Å².